The summed E-state index contributed by atoms with van der Waals surface area (Å²) < 4.78 is 6.58. The highest BCUT2D eigenvalue weighted by atomic mass is 35.5. The Balaban J connectivity index is 1.60. The van der Waals surface area contributed by atoms with E-state index in [4.69, 9.17) is 16.3 Å². The first-order valence-electron chi connectivity index (χ1n) is 12.2. The lowest BCUT2D eigenvalue weighted by Crippen LogP contribution is -2.55. The Labute approximate surface area is 209 Å². The molecule has 0 aromatic heterocycles. The number of aliphatic hydroxyl groups excluding tert-OH is 1. The number of rotatable bonds is 6. The van der Waals surface area contributed by atoms with E-state index in [1.807, 2.05) is 31.2 Å². The van der Waals surface area contributed by atoms with Crippen molar-refractivity contribution in [3.05, 3.63) is 53.6 Å². The van der Waals surface area contributed by atoms with Crippen LogP contribution >= 0.6 is 11.6 Å². The van der Waals surface area contributed by atoms with E-state index < -0.39 is 29.6 Å². The molecule has 1 spiro atoms. The van der Waals surface area contributed by atoms with Crippen LogP contribution in [0.1, 0.15) is 19.8 Å². The minimum Gasteiger partial charge on any atom is -0.396 e. The summed E-state index contributed by atoms with van der Waals surface area (Å²) in [6, 6.07) is 6.13. The van der Waals surface area contributed by atoms with Crippen LogP contribution in [0.15, 0.2) is 48.6 Å². The molecule has 5 rings (SSSR count). The number of ether oxygens (including phenoxy) is 1. The number of amides is 3. The highest BCUT2D eigenvalue weighted by Gasteiger charge is 2.71. The van der Waals surface area contributed by atoms with Gasteiger partial charge in [-0.15, -0.1) is 0 Å². The van der Waals surface area contributed by atoms with Crippen molar-refractivity contribution in [3.8, 4) is 0 Å². The minimum atomic E-state index is -1.27. The fourth-order valence-corrected chi connectivity index (χ4v) is 6.27. The van der Waals surface area contributed by atoms with Crippen LogP contribution in [-0.2, 0) is 19.1 Å². The van der Waals surface area contributed by atoms with Crippen molar-refractivity contribution in [1.29, 1.82) is 0 Å². The molecule has 4 aliphatic heterocycles. The van der Waals surface area contributed by atoms with Crippen LogP contribution in [0.25, 0.3) is 0 Å². The standard InChI is InChI=1S/C26H30ClN3O5/c1-2-12-28-13-5-10-19-20(23(28)32)21-24(33)30(15-7-16-31)22-25(34)29(14-6-11-26(21,22)35-19)18-9-4-3-8-17(18)27/h3-6,8-11,19-22,31H,2,7,12-16H2,1H3/t19-,20+,21-,22?,26-/m0/s1. The zero-order chi connectivity index (χ0) is 24.7. The highest BCUT2D eigenvalue weighted by molar-refractivity contribution is 6.34. The predicted octanol–water partition coefficient (Wildman–Crippen LogP) is 2.01. The van der Waals surface area contributed by atoms with E-state index in [9.17, 15) is 19.5 Å². The molecule has 1 N–H and O–H groups in total. The molecule has 3 amide bonds. The van der Waals surface area contributed by atoms with E-state index >= 15 is 0 Å². The van der Waals surface area contributed by atoms with Gasteiger partial charge < -0.3 is 24.5 Å². The normalized spacial score (nSPS) is 32.0. The van der Waals surface area contributed by atoms with Gasteiger partial charge in [-0.3, -0.25) is 14.4 Å². The first kappa shape index (κ1) is 24.0. The van der Waals surface area contributed by atoms with Crippen molar-refractivity contribution < 1.29 is 24.2 Å². The van der Waals surface area contributed by atoms with Crippen molar-refractivity contribution in [3.63, 3.8) is 0 Å². The van der Waals surface area contributed by atoms with Crippen LogP contribution < -0.4 is 4.90 Å². The van der Waals surface area contributed by atoms with Gasteiger partial charge in [0, 0.05) is 32.8 Å². The monoisotopic (exact) mass is 499 g/mol. The van der Waals surface area contributed by atoms with E-state index in [1.165, 1.54) is 4.90 Å². The molecule has 9 heteroatoms. The van der Waals surface area contributed by atoms with E-state index in [-0.39, 0.29) is 37.4 Å². The largest absolute Gasteiger partial charge is 0.396 e. The minimum absolute atomic E-state index is 0.118. The summed E-state index contributed by atoms with van der Waals surface area (Å²) in [7, 11) is 0. The number of anilines is 1. The van der Waals surface area contributed by atoms with Crippen molar-refractivity contribution in [2.24, 2.45) is 11.8 Å². The number of para-hydroxylation sites is 1. The summed E-state index contributed by atoms with van der Waals surface area (Å²) in [5.41, 5.74) is -0.722. The van der Waals surface area contributed by atoms with Crippen molar-refractivity contribution in [1.82, 2.24) is 9.80 Å². The molecule has 35 heavy (non-hydrogen) atoms. The molecule has 2 saturated heterocycles. The Morgan fingerprint density at radius 1 is 1.09 bits per heavy atom. The summed E-state index contributed by atoms with van der Waals surface area (Å²) >= 11 is 6.44. The lowest BCUT2D eigenvalue weighted by atomic mass is 9.77. The number of likely N-dealkylation sites (tertiary alicyclic amines) is 1. The first-order chi connectivity index (χ1) is 16.9. The van der Waals surface area contributed by atoms with Crippen LogP contribution in [-0.4, -0.2) is 83.2 Å². The molecule has 0 bridgehead atoms. The van der Waals surface area contributed by atoms with Crippen molar-refractivity contribution in [2.45, 2.75) is 37.5 Å². The molecule has 186 valence electrons. The molecule has 4 heterocycles. The number of nitrogens with zero attached hydrogens (tertiary/aromatic N) is 3. The molecule has 1 aromatic rings. The lowest BCUT2D eigenvalue weighted by molar-refractivity contribution is -0.144. The Morgan fingerprint density at radius 3 is 2.63 bits per heavy atom. The average molecular weight is 500 g/mol. The second kappa shape index (κ2) is 9.41. The van der Waals surface area contributed by atoms with Gasteiger partial charge >= 0.3 is 0 Å². The predicted molar refractivity (Wildman–Crippen MR) is 131 cm³/mol. The maximum absolute atomic E-state index is 14.1. The Bertz CT molecular complexity index is 1090. The average Bonchev–Trinajstić information content (AvgIpc) is 3.16. The van der Waals surface area contributed by atoms with Crippen LogP contribution in [0, 0.1) is 11.8 Å². The highest BCUT2D eigenvalue weighted by Crippen LogP contribution is 2.53. The number of carbonyl (C=O) groups is 3. The summed E-state index contributed by atoms with van der Waals surface area (Å²) in [5.74, 6) is -2.24. The summed E-state index contributed by atoms with van der Waals surface area (Å²) in [6.07, 6.45) is 7.95. The van der Waals surface area contributed by atoms with E-state index in [0.29, 0.717) is 30.2 Å². The Kier molecular flexibility index (Phi) is 6.46. The zero-order valence-electron chi connectivity index (χ0n) is 19.7. The number of hydrogen-bond acceptors (Lipinski definition) is 5. The van der Waals surface area contributed by atoms with Gasteiger partial charge in [0.15, 0.2) is 0 Å². The van der Waals surface area contributed by atoms with Gasteiger partial charge in [0.25, 0.3) is 5.91 Å². The fourth-order valence-electron chi connectivity index (χ4n) is 6.03. The topological polar surface area (TPSA) is 90.4 Å². The fraction of sp³-hybridized carbons (Fsp3) is 0.500. The number of hydrogen-bond donors (Lipinski definition) is 1. The molecule has 1 aromatic carbocycles. The molecule has 8 nitrogen and oxygen atoms in total. The molecule has 0 saturated carbocycles. The van der Waals surface area contributed by atoms with Crippen LogP contribution in [0.3, 0.4) is 0 Å². The van der Waals surface area contributed by atoms with Gasteiger partial charge in [-0.2, -0.15) is 0 Å². The first-order valence-corrected chi connectivity index (χ1v) is 12.6. The van der Waals surface area contributed by atoms with Gasteiger partial charge in [-0.1, -0.05) is 55.0 Å². The third-order valence-electron chi connectivity index (χ3n) is 7.44. The van der Waals surface area contributed by atoms with E-state index in [1.54, 1.807) is 34.1 Å². The molecular weight excluding hydrogens is 470 g/mol. The molecule has 0 aliphatic carbocycles. The molecule has 1 unspecified atom stereocenters. The Hall–Kier alpha value is -2.68. The van der Waals surface area contributed by atoms with Gasteiger partial charge in [0.1, 0.15) is 11.6 Å². The third-order valence-corrected chi connectivity index (χ3v) is 7.76. The molecule has 5 atom stereocenters. The number of aliphatic hydroxyl groups is 1. The van der Waals surface area contributed by atoms with E-state index in [0.717, 1.165) is 6.42 Å². The number of fused-ring (bicyclic) bond motifs is 2. The van der Waals surface area contributed by atoms with E-state index in [2.05, 4.69) is 0 Å². The van der Waals surface area contributed by atoms with Crippen molar-refractivity contribution >= 4 is 35.0 Å². The van der Waals surface area contributed by atoms with Gasteiger partial charge in [0.05, 0.1) is 28.6 Å². The lowest BCUT2D eigenvalue weighted by Gasteiger charge is -2.35. The third kappa shape index (κ3) is 3.70. The molecule has 2 fully saturated rings. The van der Waals surface area contributed by atoms with Crippen LogP contribution in [0.4, 0.5) is 5.69 Å². The number of carbonyl (C=O) groups excluding carboxylic acids is 3. The van der Waals surface area contributed by atoms with Gasteiger partial charge in [0.2, 0.25) is 11.8 Å². The smallest absolute Gasteiger partial charge is 0.253 e. The molecule has 0 radical (unpaired) electrons. The van der Waals surface area contributed by atoms with Crippen LogP contribution in [0.2, 0.25) is 5.02 Å². The second-order valence-electron chi connectivity index (χ2n) is 9.47. The van der Waals surface area contributed by atoms with Crippen LogP contribution in [0.5, 0.6) is 0 Å². The quantitative estimate of drug-likeness (QED) is 0.605. The maximum Gasteiger partial charge on any atom is 0.253 e. The summed E-state index contributed by atoms with van der Waals surface area (Å²) in [5, 5.41) is 9.92. The number of halogens is 1. The SMILES string of the molecule is CCCN1CC=C[C@@H]2O[C@]34C=CCN(c5ccccc5Cl)C(=O)C3N(CCCO)C(=O)[C@@H]4[C@@H]2C1=O. The maximum atomic E-state index is 14.1. The van der Waals surface area contributed by atoms with Crippen molar-refractivity contribution in [2.75, 3.05) is 37.7 Å². The molecular formula is C26H30ClN3O5. The molecule has 4 aliphatic rings. The zero-order valence-corrected chi connectivity index (χ0v) is 20.4. The number of benzene rings is 1. The summed E-state index contributed by atoms with van der Waals surface area (Å²) in [4.78, 5) is 46.6. The van der Waals surface area contributed by atoms with Gasteiger partial charge in [-0.05, 0) is 25.0 Å². The second-order valence-corrected chi connectivity index (χ2v) is 9.87. The summed E-state index contributed by atoms with van der Waals surface area (Å²) in [6.45, 7) is 3.41. The Morgan fingerprint density at radius 2 is 1.89 bits per heavy atom. The van der Waals surface area contributed by atoms with Gasteiger partial charge in [-0.25, -0.2) is 0 Å².